The zero-order valence-electron chi connectivity index (χ0n) is 29.1. The SMILES string of the molecule is C[Si](C)(C)CCOCOc1cc(-c2cncs2)cc2c(=O)n(COCC[Si](C)(C)C)cnc12.O=c1[nH]cnc2c(O)cc(-c3cncs3)cc12. The number of benzene rings is 2. The predicted molar refractivity (Wildman–Crippen MR) is 206 cm³/mol. The van der Waals surface area contributed by atoms with Gasteiger partial charge < -0.3 is 24.3 Å². The highest BCUT2D eigenvalue weighted by molar-refractivity contribution is 7.13. The van der Waals surface area contributed by atoms with Crippen molar-refractivity contribution in [2.45, 2.75) is 58.1 Å². The Morgan fingerprint density at radius 2 is 1.42 bits per heavy atom. The fraction of sp³-hybridized carbons (Fsp3) is 0.353. The van der Waals surface area contributed by atoms with E-state index in [1.807, 2.05) is 12.1 Å². The van der Waals surface area contributed by atoms with Gasteiger partial charge in [-0.15, -0.1) is 22.7 Å². The van der Waals surface area contributed by atoms with Crippen LogP contribution >= 0.6 is 22.7 Å². The average Bonchev–Trinajstić information content (AvgIpc) is 3.79. The summed E-state index contributed by atoms with van der Waals surface area (Å²) in [4.78, 5) is 45.8. The monoisotopic (exact) mass is 750 g/mol. The second-order valence-electron chi connectivity index (χ2n) is 14.1. The minimum Gasteiger partial charge on any atom is -0.506 e. The number of aromatic amines is 1. The molecule has 0 aliphatic heterocycles. The molecule has 0 saturated heterocycles. The van der Waals surface area contributed by atoms with Crippen LogP contribution in [0.5, 0.6) is 11.5 Å². The first-order chi connectivity index (χ1) is 23.8. The molecule has 0 bridgehead atoms. The average molecular weight is 751 g/mol. The lowest BCUT2D eigenvalue weighted by atomic mass is 10.1. The van der Waals surface area contributed by atoms with Crippen molar-refractivity contribution in [2.75, 3.05) is 20.0 Å². The Hall–Kier alpha value is -4.07. The lowest BCUT2D eigenvalue weighted by Crippen LogP contribution is -2.25. The molecule has 2 N–H and O–H groups in total. The largest absolute Gasteiger partial charge is 0.506 e. The number of hydrogen-bond donors (Lipinski definition) is 2. The van der Waals surface area contributed by atoms with Crippen LogP contribution < -0.4 is 15.9 Å². The summed E-state index contributed by atoms with van der Waals surface area (Å²) in [6, 6.07) is 9.16. The van der Waals surface area contributed by atoms with Crippen molar-refractivity contribution in [2.24, 2.45) is 0 Å². The molecule has 6 rings (SSSR count). The van der Waals surface area contributed by atoms with Gasteiger partial charge in [-0.2, -0.15) is 0 Å². The minimum atomic E-state index is -1.19. The third-order valence-corrected chi connectivity index (χ3v) is 12.6. The molecule has 0 amide bonds. The number of fused-ring (bicyclic) bond motifs is 2. The molecular formula is C34H42N6O6S2Si2. The Morgan fingerprint density at radius 3 is 2.04 bits per heavy atom. The molecule has 0 aliphatic carbocycles. The van der Waals surface area contributed by atoms with E-state index in [-0.39, 0.29) is 30.4 Å². The van der Waals surface area contributed by atoms with Crippen LogP contribution in [0.3, 0.4) is 0 Å². The Bertz CT molecular complexity index is 2140. The van der Waals surface area contributed by atoms with Crippen LogP contribution in [-0.2, 0) is 16.2 Å². The summed E-state index contributed by atoms with van der Waals surface area (Å²) in [6.45, 7) is 15.5. The number of ether oxygens (including phenoxy) is 3. The van der Waals surface area contributed by atoms with E-state index in [1.165, 1.54) is 39.9 Å². The molecule has 0 spiro atoms. The Labute approximate surface area is 299 Å². The highest BCUT2D eigenvalue weighted by atomic mass is 32.1. The standard InChI is InChI=1S/C23H35N3O4SSi2.C11H7N3O2S/c1-32(2,3)9-7-28-16-26-14-25-22-19(23(26)27)11-18(21-13-24-15-31-21)12-20(22)30-17-29-8-10-33(4,5)6;15-8-2-6(9-3-12-5-17-9)1-7-10(8)13-4-14-11(7)16/h11-15H,7-10,16-17H2,1-6H3;1-5,15H,(H,13,14,16). The molecule has 0 fully saturated rings. The van der Waals surface area contributed by atoms with Crippen LogP contribution in [0.25, 0.3) is 42.7 Å². The van der Waals surface area contributed by atoms with E-state index in [0.717, 1.165) is 33.0 Å². The smallest absolute Gasteiger partial charge is 0.263 e. The van der Waals surface area contributed by atoms with Crippen LogP contribution in [-0.4, -0.2) is 70.7 Å². The third-order valence-electron chi connectivity index (χ3n) is 7.57. The summed E-state index contributed by atoms with van der Waals surface area (Å²) >= 11 is 2.96. The van der Waals surface area contributed by atoms with Crippen molar-refractivity contribution in [1.82, 2.24) is 29.5 Å². The molecule has 0 aliphatic rings. The molecule has 4 aromatic heterocycles. The van der Waals surface area contributed by atoms with Crippen molar-refractivity contribution in [3.05, 3.63) is 81.0 Å². The van der Waals surface area contributed by atoms with Gasteiger partial charge in [-0.3, -0.25) is 24.1 Å². The lowest BCUT2D eigenvalue weighted by molar-refractivity contribution is 0.0228. The van der Waals surface area contributed by atoms with Gasteiger partial charge in [-0.25, -0.2) is 9.97 Å². The molecule has 0 unspecified atom stereocenters. The van der Waals surface area contributed by atoms with Crippen LogP contribution in [0.15, 0.2) is 69.9 Å². The quantitative estimate of drug-likeness (QED) is 0.0700. The maximum absolute atomic E-state index is 13.2. The van der Waals surface area contributed by atoms with Gasteiger partial charge in [0.25, 0.3) is 11.1 Å². The molecule has 16 heteroatoms. The van der Waals surface area contributed by atoms with Gasteiger partial charge in [0.2, 0.25) is 0 Å². The molecule has 2 aromatic carbocycles. The first-order valence-corrected chi connectivity index (χ1v) is 25.3. The Morgan fingerprint density at radius 1 is 0.800 bits per heavy atom. The maximum Gasteiger partial charge on any atom is 0.263 e. The van der Waals surface area contributed by atoms with Gasteiger partial charge in [0.1, 0.15) is 35.6 Å². The summed E-state index contributed by atoms with van der Waals surface area (Å²) in [5, 5.41) is 10.7. The van der Waals surface area contributed by atoms with E-state index in [9.17, 15) is 14.7 Å². The van der Waals surface area contributed by atoms with Crippen molar-refractivity contribution in [1.29, 1.82) is 0 Å². The number of aromatic nitrogens is 6. The zero-order valence-corrected chi connectivity index (χ0v) is 32.7. The lowest BCUT2D eigenvalue weighted by Gasteiger charge is -2.17. The fourth-order valence-corrected chi connectivity index (χ4v) is 7.42. The molecule has 0 saturated carbocycles. The number of phenols is 1. The molecule has 12 nitrogen and oxygen atoms in total. The van der Waals surface area contributed by atoms with Crippen LogP contribution in [0.2, 0.25) is 51.4 Å². The van der Waals surface area contributed by atoms with Crippen LogP contribution in [0, 0.1) is 0 Å². The number of nitrogens with one attached hydrogen (secondary N) is 1. The number of thiazole rings is 2. The number of rotatable bonds is 13. The van der Waals surface area contributed by atoms with Crippen molar-refractivity contribution >= 4 is 60.6 Å². The van der Waals surface area contributed by atoms with E-state index >= 15 is 0 Å². The second kappa shape index (κ2) is 16.3. The fourth-order valence-electron chi connectivity index (χ4n) is 4.69. The third kappa shape index (κ3) is 10.0. The summed E-state index contributed by atoms with van der Waals surface area (Å²) in [5.74, 6) is 0.532. The highest BCUT2D eigenvalue weighted by Crippen LogP contribution is 2.32. The van der Waals surface area contributed by atoms with Crippen molar-refractivity contribution < 1.29 is 19.3 Å². The van der Waals surface area contributed by atoms with Crippen molar-refractivity contribution in [3.63, 3.8) is 0 Å². The van der Waals surface area contributed by atoms with Gasteiger partial charge >= 0.3 is 0 Å². The van der Waals surface area contributed by atoms with Gasteiger partial charge in [0.05, 0.1) is 37.9 Å². The Balaban J connectivity index is 0.000000237. The maximum atomic E-state index is 13.2. The molecule has 0 radical (unpaired) electrons. The van der Waals surface area contributed by atoms with Crippen molar-refractivity contribution in [3.8, 4) is 32.4 Å². The van der Waals surface area contributed by atoms with E-state index < -0.39 is 16.1 Å². The summed E-state index contributed by atoms with van der Waals surface area (Å²) in [7, 11) is -2.35. The topological polar surface area (TPSA) is 154 Å². The second-order valence-corrected chi connectivity index (χ2v) is 27.1. The normalized spacial score (nSPS) is 11.9. The van der Waals surface area contributed by atoms with E-state index in [2.05, 4.69) is 64.2 Å². The molecule has 0 atom stereocenters. The summed E-state index contributed by atoms with van der Waals surface area (Å²) in [5.41, 5.74) is 5.52. The summed E-state index contributed by atoms with van der Waals surface area (Å²) in [6.07, 6.45) is 6.28. The first-order valence-electron chi connectivity index (χ1n) is 16.1. The molecule has 50 heavy (non-hydrogen) atoms. The summed E-state index contributed by atoms with van der Waals surface area (Å²) < 4.78 is 18.9. The van der Waals surface area contributed by atoms with E-state index in [1.54, 1.807) is 35.5 Å². The van der Waals surface area contributed by atoms with E-state index in [4.69, 9.17) is 14.2 Å². The number of hydrogen-bond acceptors (Lipinski definition) is 12. The zero-order chi connectivity index (χ0) is 35.9. The minimum absolute atomic E-state index is 0.00278. The number of nitrogens with zero attached hydrogens (tertiary/aromatic N) is 5. The van der Waals surface area contributed by atoms with E-state index in [0.29, 0.717) is 40.8 Å². The molecule has 4 heterocycles. The number of H-pyrrole nitrogens is 1. The van der Waals surface area contributed by atoms with Gasteiger partial charge in [-0.05, 0) is 47.5 Å². The Kier molecular flexibility index (Phi) is 12.1. The predicted octanol–water partition coefficient (Wildman–Crippen LogP) is 7.28. The van der Waals surface area contributed by atoms with Gasteiger partial charge in [0, 0.05) is 41.8 Å². The number of phenolic OH excluding ortho intramolecular Hbond substituents is 1. The highest BCUT2D eigenvalue weighted by Gasteiger charge is 2.16. The van der Waals surface area contributed by atoms with Gasteiger partial charge in [0.15, 0.2) is 6.79 Å². The van der Waals surface area contributed by atoms with Crippen LogP contribution in [0.4, 0.5) is 0 Å². The molecule has 6 aromatic rings. The number of aromatic hydroxyl groups is 1. The molecule has 264 valence electrons. The van der Waals surface area contributed by atoms with Gasteiger partial charge in [-0.1, -0.05) is 39.3 Å². The molecular weight excluding hydrogens is 709 g/mol. The van der Waals surface area contributed by atoms with Crippen LogP contribution in [0.1, 0.15) is 0 Å². The first kappa shape index (κ1) is 37.2.